The SMILES string of the molecule is Cc1cc(C)c[n+](C2=C(c3c(C(C)C)[nH]n(-c4ccccc4)c3=O)C(=O)N(CC3CCCO3)C2=O)c1. The monoisotopic (exact) mass is 487 g/mol. The molecular weight excluding hydrogens is 456 g/mol. The van der Waals surface area contributed by atoms with E-state index in [0.29, 0.717) is 18.0 Å². The van der Waals surface area contributed by atoms with Crippen molar-refractivity contribution >= 4 is 23.1 Å². The van der Waals surface area contributed by atoms with E-state index >= 15 is 0 Å². The Morgan fingerprint density at radius 2 is 1.75 bits per heavy atom. The van der Waals surface area contributed by atoms with E-state index in [4.69, 9.17) is 4.74 Å². The van der Waals surface area contributed by atoms with Gasteiger partial charge in [0.05, 0.1) is 23.9 Å². The second kappa shape index (κ2) is 9.35. The van der Waals surface area contributed by atoms with Crippen molar-refractivity contribution < 1.29 is 18.9 Å². The number of imide groups is 1. The van der Waals surface area contributed by atoms with E-state index in [2.05, 4.69) is 5.10 Å². The summed E-state index contributed by atoms with van der Waals surface area (Å²) in [6.07, 6.45) is 5.14. The molecule has 5 rings (SSSR count). The molecule has 2 aromatic heterocycles. The van der Waals surface area contributed by atoms with Gasteiger partial charge in [0.2, 0.25) is 0 Å². The number of hydrogen-bond acceptors (Lipinski definition) is 4. The molecule has 2 aliphatic rings. The van der Waals surface area contributed by atoms with Gasteiger partial charge in [-0.3, -0.25) is 24.4 Å². The summed E-state index contributed by atoms with van der Waals surface area (Å²) < 4.78 is 8.88. The molecule has 4 heterocycles. The number of rotatable bonds is 6. The highest BCUT2D eigenvalue weighted by Crippen LogP contribution is 2.33. The number of benzene rings is 1. The van der Waals surface area contributed by atoms with Gasteiger partial charge in [0.25, 0.3) is 17.2 Å². The third-order valence-electron chi connectivity index (χ3n) is 6.71. The average Bonchev–Trinajstić information content (AvgIpc) is 3.53. The highest BCUT2D eigenvalue weighted by molar-refractivity contribution is 6.44. The van der Waals surface area contributed by atoms with E-state index < -0.39 is 11.8 Å². The van der Waals surface area contributed by atoms with Crippen LogP contribution < -0.4 is 10.1 Å². The number of pyridine rings is 1. The topological polar surface area (TPSA) is 88.3 Å². The summed E-state index contributed by atoms with van der Waals surface area (Å²) in [6, 6.07) is 11.2. The van der Waals surface area contributed by atoms with Crippen molar-refractivity contribution in [3.05, 3.63) is 81.5 Å². The van der Waals surface area contributed by atoms with E-state index in [1.807, 2.05) is 76.5 Å². The standard InChI is InChI=1S/C28H30N4O4/c1-17(2)24-22(27(34)32(29-24)20-9-6-5-7-10-20)23-25(30-14-18(3)13-19(4)15-30)28(35)31(26(23)33)16-21-11-8-12-36-21/h5-7,9-10,13-15,17,21H,8,11-12,16H2,1-4H3/p+1. The second-order valence-electron chi connectivity index (χ2n) is 9.91. The molecule has 1 unspecified atom stereocenters. The van der Waals surface area contributed by atoms with Crippen LogP contribution in [0, 0.1) is 13.8 Å². The lowest BCUT2D eigenvalue weighted by Gasteiger charge is -2.18. The van der Waals surface area contributed by atoms with Crippen LogP contribution in [0.5, 0.6) is 0 Å². The minimum atomic E-state index is -0.463. The molecule has 2 aliphatic heterocycles. The number of hydrogen-bond donors (Lipinski definition) is 1. The molecule has 0 bridgehead atoms. The number of aromatic amines is 1. The van der Waals surface area contributed by atoms with E-state index in [9.17, 15) is 14.4 Å². The molecule has 1 saturated heterocycles. The Balaban J connectivity index is 1.75. The molecular formula is C28H31N4O4+. The van der Waals surface area contributed by atoms with Crippen molar-refractivity contribution in [2.75, 3.05) is 13.2 Å². The van der Waals surface area contributed by atoms with Gasteiger partial charge in [0.15, 0.2) is 12.4 Å². The molecule has 8 nitrogen and oxygen atoms in total. The second-order valence-corrected chi connectivity index (χ2v) is 9.91. The molecule has 0 saturated carbocycles. The van der Waals surface area contributed by atoms with E-state index in [0.717, 1.165) is 24.0 Å². The summed E-state index contributed by atoms with van der Waals surface area (Å²) in [4.78, 5) is 42.9. The lowest BCUT2D eigenvalue weighted by molar-refractivity contribution is -0.577. The maximum Gasteiger partial charge on any atom is 0.327 e. The van der Waals surface area contributed by atoms with Crippen LogP contribution in [0.15, 0.2) is 53.6 Å². The molecule has 1 N–H and O–H groups in total. The van der Waals surface area contributed by atoms with Crippen LogP contribution in [0.1, 0.15) is 55.0 Å². The maximum absolute atomic E-state index is 13.9. The first-order chi connectivity index (χ1) is 17.3. The first-order valence-electron chi connectivity index (χ1n) is 12.4. The number of nitrogens with one attached hydrogen (secondary N) is 1. The number of nitrogens with zero attached hydrogens (tertiary/aromatic N) is 3. The lowest BCUT2D eigenvalue weighted by Crippen LogP contribution is -2.42. The Morgan fingerprint density at radius 1 is 1.06 bits per heavy atom. The van der Waals surface area contributed by atoms with Crippen molar-refractivity contribution in [1.29, 1.82) is 0 Å². The number of aromatic nitrogens is 3. The molecule has 0 aliphatic carbocycles. The Labute approximate surface area is 209 Å². The number of para-hydroxylation sites is 1. The third-order valence-corrected chi connectivity index (χ3v) is 6.71. The number of carbonyl (C=O) groups is 2. The summed E-state index contributed by atoms with van der Waals surface area (Å²) in [6.45, 7) is 8.58. The van der Waals surface area contributed by atoms with Crippen LogP contribution in [0.3, 0.4) is 0 Å². The van der Waals surface area contributed by atoms with Gasteiger partial charge in [0, 0.05) is 23.4 Å². The zero-order valence-electron chi connectivity index (χ0n) is 21.1. The molecule has 1 fully saturated rings. The summed E-state index contributed by atoms with van der Waals surface area (Å²) in [5.74, 6) is -0.969. The molecule has 36 heavy (non-hydrogen) atoms. The summed E-state index contributed by atoms with van der Waals surface area (Å²) in [7, 11) is 0. The van der Waals surface area contributed by atoms with Gasteiger partial charge in [-0.05, 0) is 50.8 Å². The Bertz CT molecular complexity index is 1410. The summed E-state index contributed by atoms with van der Waals surface area (Å²) in [5.41, 5.74) is 3.37. The fraction of sp³-hybridized carbons (Fsp3) is 0.357. The van der Waals surface area contributed by atoms with Gasteiger partial charge in [-0.2, -0.15) is 4.57 Å². The van der Waals surface area contributed by atoms with Crippen molar-refractivity contribution in [2.24, 2.45) is 0 Å². The van der Waals surface area contributed by atoms with Crippen molar-refractivity contribution in [2.45, 2.75) is 52.6 Å². The smallest absolute Gasteiger partial charge is 0.327 e. The predicted molar refractivity (Wildman–Crippen MR) is 135 cm³/mol. The summed E-state index contributed by atoms with van der Waals surface area (Å²) in [5, 5.41) is 3.21. The van der Waals surface area contributed by atoms with Crippen LogP contribution in [-0.4, -0.2) is 45.8 Å². The zero-order chi connectivity index (χ0) is 25.6. The van der Waals surface area contributed by atoms with E-state index in [1.165, 1.54) is 9.58 Å². The molecule has 0 spiro atoms. The van der Waals surface area contributed by atoms with Crippen LogP contribution >= 0.6 is 0 Å². The first kappa shape index (κ1) is 23.9. The molecule has 186 valence electrons. The van der Waals surface area contributed by atoms with Gasteiger partial charge in [0.1, 0.15) is 5.57 Å². The summed E-state index contributed by atoms with van der Waals surface area (Å²) >= 11 is 0. The molecule has 8 heteroatoms. The van der Waals surface area contributed by atoms with Crippen LogP contribution in [0.25, 0.3) is 17.0 Å². The first-order valence-corrected chi connectivity index (χ1v) is 12.4. The van der Waals surface area contributed by atoms with Gasteiger partial charge in [-0.1, -0.05) is 32.0 Å². The Morgan fingerprint density at radius 3 is 2.36 bits per heavy atom. The minimum Gasteiger partial charge on any atom is -0.376 e. The number of carbonyl (C=O) groups excluding carboxylic acids is 2. The fourth-order valence-electron chi connectivity index (χ4n) is 5.10. The van der Waals surface area contributed by atoms with Crippen LogP contribution in [0.4, 0.5) is 0 Å². The van der Waals surface area contributed by atoms with Crippen molar-refractivity contribution in [3.8, 4) is 5.69 Å². The average molecular weight is 488 g/mol. The van der Waals surface area contributed by atoms with E-state index in [1.54, 1.807) is 4.57 Å². The molecule has 2 amide bonds. The molecule has 1 aromatic carbocycles. The number of aryl methyl sites for hydroxylation is 2. The highest BCUT2D eigenvalue weighted by atomic mass is 16.5. The van der Waals surface area contributed by atoms with Gasteiger partial charge < -0.3 is 4.74 Å². The van der Waals surface area contributed by atoms with Crippen molar-refractivity contribution in [1.82, 2.24) is 14.7 Å². The number of H-pyrrole nitrogens is 1. The molecule has 3 aromatic rings. The largest absolute Gasteiger partial charge is 0.376 e. The molecule has 1 atom stereocenters. The third kappa shape index (κ3) is 4.11. The lowest BCUT2D eigenvalue weighted by atomic mass is 9.98. The molecule has 0 radical (unpaired) electrons. The maximum atomic E-state index is 13.9. The van der Waals surface area contributed by atoms with Crippen LogP contribution in [0.2, 0.25) is 0 Å². The van der Waals surface area contributed by atoms with Crippen molar-refractivity contribution in [3.63, 3.8) is 0 Å². The Hall–Kier alpha value is -3.78. The normalized spacial score (nSPS) is 18.2. The minimum absolute atomic E-state index is 0.0919. The quantitative estimate of drug-likeness (QED) is 0.428. The van der Waals surface area contributed by atoms with Gasteiger partial charge in [-0.25, -0.2) is 4.68 Å². The van der Waals surface area contributed by atoms with E-state index in [-0.39, 0.29) is 41.0 Å². The fourth-order valence-corrected chi connectivity index (χ4v) is 5.10. The number of ether oxygens (including phenoxy) is 1. The van der Waals surface area contributed by atoms with Crippen LogP contribution in [-0.2, 0) is 14.3 Å². The highest BCUT2D eigenvalue weighted by Gasteiger charge is 2.48. The van der Waals surface area contributed by atoms with Gasteiger partial charge >= 0.3 is 5.91 Å². The predicted octanol–water partition coefficient (Wildman–Crippen LogP) is 3.11. The zero-order valence-corrected chi connectivity index (χ0v) is 21.1. The number of amides is 2. The van der Waals surface area contributed by atoms with Gasteiger partial charge in [-0.15, -0.1) is 0 Å². The Kier molecular flexibility index (Phi) is 6.22.